The van der Waals surface area contributed by atoms with Crippen LogP contribution in [0.1, 0.15) is 25.3 Å². The van der Waals surface area contributed by atoms with Crippen LogP contribution in [0.25, 0.3) is 0 Å². The van der Waals surface area contributed by atoms with Gasteiger partial charge in [-0.2, -0.15) is 0 Å². The molecule has 100 valence electrons. The Bertz CT molecular complexity index is 444. The summed E-state index contributed by atoms with van der Waals surface area (Å²) < 4.78 is 15.3. The Morgan fingerprint density at radius 1 is 1.67 bits per heavy atom. The van der Waals surface area contributed by atoms with Gasteiger partial charge in [-0.15, -0.1) is 0 Å². The topological polar surface area (TPSA) is 102 Å². The number of carbonyl (C=O) groups excluding carboxylic acids is 1. The molecular formula is C11H15NO6. The molecule has 7 heteroatoms. The van der Waals surface area contributed by atoms with Crippen molar-refractivity contribution in [3.05, 3.63) is 17.5 Å². The second-order valence-electron chi connectivity index (χ2n) is 4.12. The van der Waals surface area contributed by atoms with E-state index in [9.17, 15) is 15.0 Å². The summed E-state index contributed by atoms with van der Waals surface area (Å²) in [5.74, 6) is -2.40. The summed E-state index contributed by atoms with van der Waals surface area (Å²) in [6.45, 7) is 2.90. The molecule has 1 fully saturated rings. The number of aromatic nitrogens is 1. The maximum absolute atomic E-state index is 11.1. The highest BCUT2D eigenvalue weighted by Gasteiger charge is 2.56. The zero-order valence-corrected chi connectivity index (χ0v) is 10.1. The van der Waals surface area contributed by atoms with Crippen molar-refractivity contribution < 1.29 is 29.0 Å². The number of aliphatic hydroxyl groups excluding tert-OH is 2. The highest BCUT2D eigenvalue weighted by atomic mass is 16.7. The monoisotopic (exact) mass is 257 g/mol. The van der Waals surface area contributed by atoms with E-state index in [4.69, 9.17) is 14.0 Å². The van der Waals surface area contributed by atoms with Crippen LogP contribution >= 0.6 is 0 Å². The van der Waals surface area contributed by atoms with E-state index in [-0.39, 0.29) is 12.4 Å². The van der Waals surface area contributed by atoms with Crippen molar-refractivity contribution in [3.8, 4) is 0 Å². The minimum absolute atomic E-state index is 0.0681. The number of aliphatic hydroxyl groups is 2. The maximum Gasteiger partial charge on any atom is 0.305 e. The molecule has 0 aromatic carbocycles. The average Bonchev–Trinajstić information content (AvgIpc) is 2.90. The molecule has 2 N–H and O–H groups in total. The number of ether oxygens (including phenoxy) is 2. The molecule has 3 atom stereocenters. The third-order valence-electron chi connectivity index (χ3n) is 2.78. The zero-order chi connectivity index (χ0) is 13.3. The van der Waals surface area contributed by atoms with Gasteiger partial charge in [0.1, 0.15) is 6.10 Å². The van der Waals surface area contributed by atoms with Crippen LogP contribution in [0.3, 0.4) is 0 Å². The van der Waals surface area contributed by atoms with Gasteiger partial charge in [0, 0.05) is 13.0 Å². The van der Waals surface area contributed by atoms with Gasteiger partial charge in [-0.05, 0) is 6.42 Å². The van der Waals surface area contributed by atoms with Gasteiger partial charge in [0.05, 0.1) is 12.3 Å². The molecule has 7 nitrogen and oxygen atoms in total. The number of hydrogen-bond donors (Lipinski definition) is 2. The molecule has 1 saturated heterocycles. The summed E-state index contributed by atoms with van der Waals surface area (Å²) in [7, 11) is 0. The Hall–Kier alpha value is -1.44. The minimum atomic E-state index is -1.81. The molecule has 0 aliphatic carbocycles. The summed E-state index contributed by atoms with van der Waals surface area (Å²) in [4.78, 5) is 11.1. The summed E-state index contributed by atoms with van der Waals surface area (Å²) in [5.41, 5.74) is 0.633. The molecule has 2 rings (SSSR count). The molecule has 0 radical (unpaired) electrons. The first-order valence-electron chi connectivity index (χ1n) is 5.65. The zero-order valence-electron chi connectivity index (χ0n) is 10.1. The molecular weight excluding hydrogens is 242 g/mol. The van der Waals surface area contributed by atoms with E-state index in [0.717, 1.165) is 0 Å². The van der Waals surface area contributed by atoms with Gasteiger partial charge < -0.3 is 24.2 Å². The second kappa shape index (κ2) is 4.68. The van der Waals surface area contributed by atoms with Crippen molar-refractivity contribution >= 4 is 5.97 Å². The van der Waals surface area contributed by atoms with E-state index in [2.05, 4.69) is 5.16 Å². The smallest absolute Gasteiger partial charge is 0.305 e. The van der Waals surface area contributed by atoms with Crippen LogP contribution < -0.4 is 0 Å². The number of nitrogens with zero attached hydrogens (tertiary/aromatic N) is 1. The Morgan fingerprint density at radius 3 is 2.83 bits per heavy atom. The van der Waals surface area contributed by atoms with Gasteiger partial charge in [-0.25, -0.2) is 0 Å². The number of aryl methyl sites for hydroxylation is 1. The van der Waals surface area contributed by atoms with Crippen LogP contribution in [0.5, 0.6) is 0 Å². The van der Waals surface area contributed by atoms with Crippen molar-refractivity contribution in [2.45, 2.75) is 38.3 Å². The maximum atomic E-state index is 11.1. The number of hydrogen-bond acceptors (Lipinski definition) is 7. The van der Waals surface area contributed by atoms with Crippen LogP contribution in [0.15, 0.2) is 10.6 Å². The third-order valence-corrected chi connectivity index (χ3v) is 2.78. The third kappa shape index (κ3) is 2.00. The lowest BCUT2D eigenvalue weighted by molar-refractivity contribution is -0.255. The SMILES string of the molecule is CCc1cc(C2(OC(C)=O)OCC(O)C2O)on1. The molecule has 3 unspecified atom stereocenters. The Kier molecular flexibility index (Phi) is 3.38. The summed E-state index contributed by atoms with van der Waals surface area (Å²) in [6, 6.07) is 1.53. The quantitative estimate of drug-likeness (QED) is 0.717. The fraction of sp³-hybridized carbons (Fsp3) is 0.636. The summed E-state index contributed by atoms with van der Waals surface area (Å²) >= 11 is 0. The highest BCUT2D eigenvalue weighted by molar-refractivity contribution is 5.66. The molecule has 0 spiro atoms. The van der Waals surface area contributed by atoms with E-state index < -0.39 is 24.0 Å². The summed E-state index contributed by atoms with van der Waals surface area (Å²) in [6.07, 6.45) is -1.95. The van der Waals surface area contributed by atoms with Crippen LogP contribution in [-0.4, -0.2) is 40.2 Å². The Labute approximate surface area is 103 Å². The predicted octanol–water partition coefficient (Wildman–Crippen LogP) is -0.295. The minimum Gasteiger partial charge on any atom is -0.422 e. The molecule has 1 aromatic rings. The summed E-state index contributed by atoms with van der Waals surface area (Å²) in [5, 5.41) is 23.2. The highest BCUT2D eigenvalue weighted by Crippen LogP contribution is 2.38. The van der Waals surface area contributed by atoms with E-state index in [0.29, 0.717) is 12.1 Å². The van der Waals surface area contributed by atoms with E-state index in [1.54, 1.807) is 0 Å². The Balaban J connectivity index is 2.39. The van der Waals surface area contributed by atoms with Gasteiger partial charge in [0.15, 0.2) is 6.10 Å². The molecule has 0 bridgehead atoms. The van der Waals surface area contributed by atoms with Crippen molar-refractivity contribution in [2.75, 3.05) is 6.61 Å². The fourth-order valence-corrected chi connectivity index (χ4v) is 1.85. The van der Waals surface area contributed by atoms with Gasteiger partial charge >= 0.3 is 11.8 Å². The first-order chi connectivity index (χ1) is 8.49. The molecule has 2 heterocycles. The lowest BCUT2D eigenvalue weighted by Gasteiger charge is -2.27. The van der Waals surface area contributed by atoms with Gasteiger partial charge in [0.25, 0.3) is 0 Å². The number of carbonyl (C=O) groups is 1. The average molecular weight is 257 g/mol. The standard InChI is InChI=1S/C11H15NO6/c1-3-7-4-9(18-12-7)11(17-6(2)13)10(15)8(14)5-16-11/h4,8,10,14-15H,3,5H2,1-2H3. The molecule has 1 aliphatic rings. The van der Waals surface area contributed by atoms with Crippen molar-refractivity contribution in [1.29, 1.82) is 0 Å². The van der Waals surface area contributed by atoms with Crippen molar-refractivity contribution in [2.24, 2.45) is 0 Å². The van der Waals surface area contributed by atoms with Crippen LogP contribution in [-0.2, 0) is 26.5 Å². The largest absolute Gasteiger partial charge is 0.422 e. The Morgan fingerprint density at radius 2 is 2.39 bits per heavy atom. The number of esters is 1. The predicted molar refractivity (Wildman–Crippen MR) is 57.3 cm³/mol. The second-order valence-corrected chi connectivity index (χ2v) is 4.12. The molecule has 1 aromatic heterocycles. The van der Waals surface area contributed by atoms with E-state index in [1.807, 2.05) is 6.92 Å². The number of rotatable bonds is 3. The molecule has 18 heavy (non-hydrogen) atoms. The van der Waals surface area contributed by atoms with Crippen molar-refractivity contribution in [1.82, 2.24) is 5.16 Å². The molecule has 1 aliphatic heterocycles. The van der Waals surface area contributed by atoms with Crippen LogP contribution in [0.4, 0.5) is 0 Å². The first-order valence-corrected chi connectivity index (χ1v) is 5.65. The van der Waals surface area contributed by atoms with Crippen molar-refractivity contribution in [3.63, 3.8) is 0 Å². The first kappa shape index (κ1) is 13.0. The lowest BCUT2D eigenvalue weighted by atomic mass is 10.0. The van der Waals surface area contributed by atoms with Crippen LogP contribution in [0.2, 0.25) is 0 Å². The van der Waals surface area contributed by atoms with E-state index in [1.165, 1.54) is 13.0 Å². The molecule has 0 amide bonds. The van der Waals surface area contributed by atoms with Gasteiger partial charge in [0.2, 0.25) is 5.76 Å². The lowest BCUT2D eigenvalue weighted by Crippen LogP contribution is -2.43. The normalized spacial score (nSPS) is 31.6. The van der Waals surface area contributed by atoms with Gasteiger partial charge in [-0.3, -0.25) is 4.79 Å². The van der Waals surface area contributed by atoms with E-state index >= 15 is 0 Å². The van der Waals surface area contributed by atoms with Gasteiger partial charge in [-0.1, -0.05) is 12.1 Å². The fourth-order valence-electron chi connectivity index (χ4n) is 1.85. The molecule has 0 saturated carbocycles. The van der Waals surface area contributed by atoms with Crippen LogP contribution in [0, 0.1) is 0 Å².